The zero-order chi connectivity index (χ0) is 16.1. The van der Waals surface area contributed by atoms with Crippen molar-refractivity contribution in [3.05, 3.63) is 52.0 Å². The van der Waals surface area contributed by atoms with Crippen LogP contribution in [0, 0.1) is 0 Å². The van der Waals surface area contributed by atoms with Gasteiger partial charge in [-0.2, -0.15) is 0 Å². The third-order valence-electron chi connectivity index (χ3n) is 3.15. The number of aliphatic imine (C=N–C) groups is 1. The maximum atomic E-state index is 9.75. The molecule has 0 aliphatic rings. The summed E-state index contributed by atoms with van der Waals surface area (Å²) in [4.78, 5) is 4.23. The van der Waals surface area contributed by atoms with Crippen molar-refractivity contribution in [2.24, 2.45) is 4.99 Å². The molecule has 2 rings (SSSR count). The molecule has 0 fully saturated rings. The molecular formula is C17H17Cl2NO2. The molecule has 22 heavy (non-hydrogen) atoms. The van der Waals surface area contributed by atoms with Crippen molar-refractivity contribution in [1.82, 2.24) is 0 Å². The Morgan fingerprint density at radius 1 is 1.23 bits per heavy atom. The van der Waals surface area contributed by atoms with Crippen LogP contribution in [-0.2, 0) is 0 Å². The van der Waals surface area contributed by atoms with Gasteiger partial charge in [-0.3, -0.25) is 4.99 Å². The Hall–Kier alpha value is -1.71. The molecule has 0 saturated heterocycles. The molecule has 1 atom stereocenters. The van der Waals surface area contributed by atoms with E-state index < -0.39 is 0 Å². The van der Waals surface area contributed by atoms with Crippen LogP contribution in [0.15, 0.2) is 41.4 Å². The van der Waals surface area contributed by atoms with Crippen LogP contribution in [0.1, 0.15) is 25.8 Å². The molecule has 0 bridgehead atoms. The van der Waals surface area contributed by atoms with Gasteiger partial charge in [-0.1, -0.05) is 30.1 Å². The molecule has 1 N–H and O–H groups in total. The van der Waals surface area contributed by atoms with Gasteiger partial charge < -0.3 is 9.84 Å². The average Bonchev–Trinajstić information content (AvgIpc) is 2.48. The van der Waals surface area contributed by atoms with Crippen molar-refractivity contribution in [3.63, 3.8) is 0 Å². The fraction of sp³-hybridized carbons (Fsp3) is 0.235. The van der Waals surface area contributed by atoms with Crippen molar-refractivity contribution in [1.29, 1.82) is 0 Å². The zero-order valence-corrected chi connectivity index (χ0v) is 13.9. The molecule has 0 aliphatic heterocycles. The maximum Gasteiger partial charge on any atom is 0.142 e. The lowest BCUT2D eigenvalue weighted by atomic mass is 10.2. The second-order valence-corrected chi connectivity index (χ2v) is 5.76. The van der Waals surface area contributed by atoms with Crippen LogP contribution in [0.5, 0.6) is 11.5 Å². The summed E-state index contributed by atoms with van der Waals surface area (Å²) >= 11 is 12.0. The minimum Gasteiger partial charge on any atom is -0.506 e. The summed E-state index contributed by atoms with van der Waals surface area (Å²) in [5.74, 6) is 0.689. The van der Waals surface area contributed by atoms with Crippen molar-refractivity contribution in [3.8, 4) is 11.5 Å². The molecule has 0 saturated carbocycles. The summed E-state index contributed by atoms with van der Waals surface area (Å²) in [6.07, 6.45) is 2.65. The third kappa shape index (κ3) is 4.39. The normalized spacial score (nSPS) is 12.5. The van der Waals surface area contributed by atoms with E-state index in [0.717, 1.165) is 12.0 Å². The van der Waals surface area contributed by atoms with E-state index in [4.69, 9.17) is 27.9 Å². The van der Waals surface area contributed by atoms with Crippen LogP contribution in [0.25, 0.3) is 0 Å². The van der Waals surface area contributed by atoms with E-state index in [2.05, 4.69) is 11.9 Å². The molecule has 0 aliphatic carbocycles. The summed E-state index contributed by atoms with van der Waals surface area (Å²) < 4.78 is 5.71. The molecule has 116 valence electrons. The number of phenols is 1. The van der Waals surface area contributed by atoms with E-state index in [0.29, 0.717) is 21.5 Å². The highest BCUT2D eigenvalue weighted by molar-refractivity contribution is 6.32. The van der Waals surface area contributed by atoms with Gasteiger partial charge >= 0.3 is 0 Å². The van der Waals surface area contributed by atoms with Gasteiger partial charge in [0.25, 0.3) is 0 Å². The topological polar surface area (TPSA) is 41.8 Å². The number of rotatable bonds is 5. The highest BCUT2D eigenvalue weighted by Crippen LogP contribution is 2.30. The van der Waals surface area contributed by atoms with Gasteiger partial charge in [-0.25, -0.2) is 0 Å². The quantitative estimate of drug-likeness (QED) is 0.718. The molecule has 0 aromatic heterocycles. The van der Waals surface area contributed by atoms with Crippen LogP contribution in [0.3, 0.4) is 0 Å². The predicted molar refractivity (Wildman–Crippen MR) is 92.2 cm³/mol. The van der Waals surface area contributed by atoms with Gasteiger partial charge in [-0.05, 0) is 49.2 Å². The first-order valence-electron chi connectivity index (χ1n) is 6.98. The second kappa shape index (κ2) is 7.52. The van der Waals surface area contributed by atoms with Crippen LogP contribution in [0.4, 0.5) is 5.69 Å². The number of ether oxygens (including phenoxy) is 1. The van der Waals surface area contributed by atoms with Gasteiger partial charge in [0, 0.05) is 17.3 Å². The largest absolute Gasteiger partial charge is 0.506 e. The molecule has 2 aromatic rings. The van der Waals surface area contributed by atoms with E-state index in [1.165, 1.54) is 6.07 Å². The number of halogens is 2. The van der Waals surface area contributed by atoms with Gasteiger partial charge in [0.1, 0.15) is 17.2 Å². The summed E-state index contributed by atoms with van der Waals surface area (Å²) in [7, 11) is 0. The molecule has 2 aromatic carbocycles. The number of benzene rings is 2. The van der Waals surface area contributed by atoms with Crippen LogP contribution in [0.2, 0.25) is 10.0 Å². The first-order chi connectivity index (χ1) is 10.5. The molecule has 3 nitrogen and oxygen atoms in total. The first kappa shape index (κ1) is 16.7. The van der Waals surface area contributed by atoms with Crippen LogP contribution < -0.4 is 4.74 Å². The highest BCUT2D eigenvalue weighted by atomic mass is 35.5. The number of nitrogens with zero attached hydrogens (tertiary/aromatic N) is 1. The molecule has 0 radical (unpaired) electrons. The first-order valence-corrected chi connectivity index (χ1v) is 7.74. The summed E-state index contributed by atoms with van der Waals surface area (Å²) in [6.45, 7) is 4.05. The van der Waals surface area contributed by atoms with E-state index in [1.54, 1.807) is 24.4 Å². The van der Waals surface area contributed by atoms with Crippen molar-refractivity contribution >= 4 is 35.1 Å². The summed E-state index contributed by atoms with van der Waals surface area (Å²) in [5, 5.41) is 10.7. The molecule has 0 amide bonds. The van der Waals surface area contributed by atoms with Gasteiger partial charge in [0.2, 0.25) is 0 Å². The van der Waals surface area contributed by atoms with Gasteiger partial charge in [0.15, 0.2) is 0 Å². The Balaban J connectivity index is 2.16. The fourth-order valence-corrected chi connectivity index (χ4v) is 2.14. The molecular weight excluding hydrogens is 321 g/mol. The standard InChI is InChI=1S/C17H17Cl2NO2/c1-3-11(2)22-17-7-4-12(8-14(17)19)10-20-15-6-5-13(18)9-16(15)21/h4-11,21H,3H2,1-2H3/t11-/m1/s1. The zero-order valence-electron chi connectivity index (χ0n) is 12.4. The van der Waals surface area contributed by atoms with E-state index >= 15 is 0 Å². The number of hydrogen-bond acceptors (Lipinski definition) is 3. The van der Waals surface area contributed by atoms with Crippen LogP contribution >= 0.6 is 23.2 Å². The van der Waals surface area contributed by atoms with Gasteiger partial charge in [0.05, 0.1) is 11.1 Å². The number of phenolic OH excluding ortho intramolecular Hbond substituents is 1. The lowest BCUT2D eigenvalue weighted by Gasteiger charge is -2.13. The smallest absolute Gasteiger partial charge is 0.142 e. The average molecular weight is 338 g/mol. The Morgan fingerprint density at radius 3 is 2.64 bits per heavy atom. The fourth-order valence-electron chi connectivity index (χ4n) is 1.74. The summed E-state index contributed by atoms with van der Waals surface area (Å²) in [6, 6.07) is 10.2. The second-order valence-electron chi connectivity index (χ2n) is 4.92. The monoisotopic (exact) mass is 337 g/mol. The minimum atomic E-state index is 0.0339. The molecule has 0 heterocycles. The lowest BCUT2D eigenvalue weighted by Crippen LogP contribution is -2.09. The third-order valence-corrected chi connectivity index (χ3v) is 3.68. The predicted octanol–water partition coefficient (Wildman–Crippen LogP) is 5.63. The Bertz CT molecular complexity index is 686. The van der Waals surface area contributed by atoms with Crippen LogP contribution in [-0.4, -0.2) is 17.4 Å². The number of hydrogen-bond donors (Lipinski definition) is 1. The van der Waals surface area contributed by atoms with E-state index in [1.807, 2.05) is 19.1 Å². The molecule has 0 spiro atoms. The summed E-state index contributed by atoms with van der Waals surface area (Å²) in [5.41, 5.74) is 1.26. The Kier molecular flexibility index (Phi) is 5.69. The maximum absolute atomic E-state index is 9.75. The Morgan fingerprint density at radius 2 is 2.00 bits per heavy atom. The Labute approximate surface area is 140 Å². The van der Waals surface area contributed by atoms with Crippen molar-refractivity contribution < 1.29 is 9.84 Å². The molecule has 5 heteroatoms. The number of aromatic hydroxyl groups is 1. The van der Waals surface area contributed by atoms with Crippen molar-refractivity contribution in [2.45, 2.75) is 26.4 Å². The SMILES string of the molecule is CC[C@@H](C)Oc1ccc(C=Nc2ccc(Cl)cc2O)cc1Cl. The molecule has 0 unspecified atom stereocenters. The van der Waals surface area contributed by atoms with Gasteiger partial charge in [-0.15, -0.1) is 0 Å². The van der Waals surface area contributed by atoms with E-state index in [-0.39, 0.29) is 11.9 Å². The lowest BCUT2D eigenvalue weighted by molar-refractivity contribution is 0.217. The minimum absolute atomic E-state index is 0.0339. The van der Waals surface area contributed by atoms with Crippen molar-refractivity contribution in [2.75, 3.05) is 0 Å². The van der Waals surface area contributed by atoms with E-state index in [9.17, 15) is 5.11 Å². The highest BCUT2D eigenvalue weighted by Gasteiger charge is 2.06.